The molecule has 1 amide bonds. The minimum absolute atomic E-state index is 0.0337. The van der Waals surface area contributed by atoms with Gasteiger partial charge in [-0.3, -0.25) is 4.79 Å². The first-order chi connectivity index (χ1) is 11.7. The monoisotopic (exact) mass is 347 g/mol. The summed E-state index contributed by atoms with van der Waals surface area (Å²) in [6, 6.07) is 0. The summed E-state index contributed by atoms with van der Waals surface area (Å²) in [4.78, 5) is 13.9. The van der Waals surface area contributed by atoms with Crippen molar-refractivity contribution >= 4 is 5.91 Å². The maximum absolute atomic E-state index is 12.0. The highest BCUT2D eigenvalue weighted by Gasteiger charge is 2.19. The van der Waals surface area contributed by atoms with Gasteiger partial charge in [-0.05, 0) is 18.8 Å². The molecule has 0 radical (unpaired) electrons. The molecule has 1 fully saturated rings. The molecule has 1 saturated heterocycles. The van der Waals surface area contributed by atoms with Crippen LogP contribution in [-0.4, -0.2) is 88.5 Å². The Morgan fingerprint density at radius 3 is 1.83 bits per heavy atom. The largest absolute Gasteiger partial charge is 0.394 e. The predicted molar refractivity (Wildman–Crippen MR) is 90.0 cm³/mol. The van der Waals surface area contributed by atoms with Gasteiger partial charge in [0, 0.05) is 13.1 Å². The molecular formula is C17H33NO6. The summed E-state index contributed by atoms with van der Waals surface area (Å²) in [6.45, 7) is 7.82. The highest BCUT2D eigenvalue weighted by atomic mass is 16.6. The van der Waals surface area contributed by atoms with Crippen LogP contribution in [0, 0.1) is 5.92 Å². The van der Waals surface area contributed by atoms with E-state index in [9.17, 15) is 4.79 Å². The van der Waals surface area contributed by atoms with Crippen molar-refractivity contribution in [1.82, 2.24) is 4.90 Å². The van der Waals surface area contributed by atoms with Crippen molar-refractivity contribution in [3.05, 3.63) is 0 Å². The Morgan fingerprint density at radius 1 is 0.875 bits per heavy atom. The second-order valence-corrected chi connectivity index (χ2v) is 5.99. The number of ether oxygens (including phenoxy) is 4. The first kappa shape index (κ1) is 21.3. The van der Waals surface area contributed by atoms with Gasteiger partial charge in [-0.25, -0.2) is 0 Å². The number of carbonyl (C=O) groups is 1. The molecule has 1 aliphatic heterocycles. The second kappa shape index (κ2) is 14.6. The van der Waals surface area contributed by atoms with Crippen molar-refractivity contribution < 1.29 is 28.8 Å². The highest BCUT2D eigenvalue weighted by molar-refractivity contribution is 5.76. The van der Waals surface area contributed by atoms with Gasteiger partial charge in [-0.15, -0.1) is 0 Å². The van der Waals surface area contributed by atoms with Crippen molar-refractivity contribution in [3.63, 3.8) is 0 Å². The van der Waals surface area contributed by atoms with E-state index in [0.717, 1.165) is 31.8 Å². The number of nitrogens with zero attached hydrogens (tertiary/aromatic N) is 1. The summed E-state index contributed by atoms with van der Waals surface area (Å²) in [7, 11) is 0. The average molecular weight is 347 g/mol. The highest BCUT2D eigenvalue weighted by Crippen LogP contribution is 2.16. The van der Waals surface area contributed by atoms with Crippen molar-refractivity contribution in [2.24, 2.45) is 5.92 Å². The Balaban J connectivity index is 1.79. The molecule has 0 spiro atoms. The van der Waals surface area contributed by atoms with E-state index in [-0.39, 0.29) is 12.5 Å². The van der Waals surface area contributed by atoms with Gasteiger partial charge in [0.05, 0.1) is 65.9 Å². The number of likely N-dealkylation sites (tertiary alicyclic amines) is 1. The third kappa shape index (κ3) is 10.9. The van der Waals surface area contributed by atoms with Crippen LogP contribution in [0.15, 0.2) is 0 Å². The van der Waals surface area contributed by atoms with E-state index in [1.54, 1.807) is 0 Å². The van der Waals surface area contributed by atoms with Crippen LogP contribution in [0.3, 0.4) is 0 Å². The van der Waals surface area contributed by atoms with Crippen LogP contribution < -0.4 is 0 Å². The van der Waals surface area contributed by atoms with E-state index in [1.807, 2.05) is 4.90 Å². The summed E-state index contributed by atoms with van der Waals surface area (Å²) in [5.41, 5.74) is 0. The standard InChI is InChI=1S/C17H33NO6/c1-16-2-5-18(6-3-16)17(20)4-8-21-10-12-23-14-15-24-13-11-22-9-7-19/h16,19H,2-15H2,1H3. The van der Waals surface area contributed by atoms with Crippen LogP contribution >= 0.6 is 0 Å². The normalized spacial score (nSPS) is 15.8. The van der Waals surface area contributed by atoms with Gasteiger partial charge in [-0.2, -0.15) is 0 Å². The number of aliphatic hydroxyl groups is 1. The van der Waals surface area contributed by atoms with E-state index in [0.29, 0.717) is 59.3 Å². The maximum atomic E-state index is 12.0. The van der Waals surface area contributed by atoms with Crippen molar-refractivity contribution in [1.29, 1.82) is 0 Å². The minimum Gasteiger partial charge on any atom is -0.394 e. The molecule has 7 nitrogen and oxygen atoms in total. The zero-order valence-corrected chi connectivity index (χ0v) is 14.9. The van der Waals surface area contributed by atoms with E-state index < -0.39 is 0 Å². The summed E-state index contributed by atoms with van der Waals surface area (Å²) in [5, 5.41) is 8.52. The van der Waals surface area contributed by atoms with Gasteiger partial charge in [0.15, 0.2) is 0 Å². The second-order valence-electron chi connectivity index (χ2n) is 5.99. The Bertz CT molecular complexity index is 307. The topological polar surface area (TPSA) is 77.5 Å². The molecule has 0 unspecified atom stereocenters. The molecule has 142 valence electrons. The predicted octanol–water partition coefficient (Wildman–Crippen LogP) is 0.694. The van der Waals surface area contributed by atoms with Crippen LogP contribution in [0.1, 0.15) is 26.2 Å². The van der Waals surface area contributed by atoms with Crippen LogP contribution in [0.5, 0.6) is 0 Å². The molecule has 1 heterocycles. The summed E-state index contributed by atoms with van der Waals surface area (Å²) in [6.07, 6.45) is 2.66. The number of rotatable bonds is 14. The number of amides is 1. The third-order valence-electron chi connectivity index (χ3n) is 3.95. The molecule has 0 aromatic rings. The average Bonchev–Trinajstić information content (AvgIpc) is 2.59. The number of aliphatic hydroxyl groups excluding tert-OH is 1. The summed E-state index contributed by atoms with van der Waals surface area (Å²) >= 11 is 0. The van der Waals surface area contributed by atoms with Crippen LogP contribution in [-0.2, 0) is 23.7 Å². The fourth-order valence-corrected chi connectivity index (χ4v) is 2.40. The fourth-order valence-electron chi connectivity index (χ4n) is 2.40. The first-order valence-electron chi connectivity index (χ1n) is 8.93. The van der Waals surface area contributed by atoms with Crippen LogP contribution in [0.4, 0.5) is 0 Å². The SMILES string of the molecule is CC1CCN(C(=O)CCOCCOCCOCCOCCO)CC1. The van der Waals surface area contributed by atoms with Gasteiger partial charge in [-0.1, -0.05) is 6.92 Å². The molecule has 1 aliphatic rings. The molecule has 0 bridgehead atoms. The summed E-state index contributed by atoms with van der Waals surface area (Å²) < 4.78 is 21.1. The quantitative estimate of drug-likeness (QED) is 0.466. The Morgan fingerprint density at radius 2 is 1.33 bits per heavy atom. The van der Waals surface area contributed by atoms with Gasteiger partial charge in [0.2, 0.25) is 5.91 Å². The zero-order chi connectivity index (χ0) is 17.5. The lowest BCUT2D eigenvalue weighted by atomic mass is 9.99. The van der Waals surface area contributed by atoms with Crippen LogP contribution in [0.25, 0.3) is 0 Å². The number of hydrogen-bond acceptors (Lipinski definition) is 6. The van der Waals surface area contributed by atoms with E-state index in [2.05, 4.69) is 6.92 Å². The van der Waals surface area contributed by atoms with Crippen molar-refractivity contribution in [2.45, 2.75) is 26.2 Å². The summed E-state index contributed by atoms with van der Waals surface area (Å²) in [5.74, 6) is 0.930. The lowest BCUT2D eigenvalue weighted by Gasteiger charge is -2.30. The molecule has 0 atom stereocenters. The molecular weight excluding hydrogens is 314 g/mol. The van der Waals surface area contributed by atoms with E-state index in [4.69, 9.17) is 24.1 Å². The van der Waals surface area contributed by atoms with Gasteiger partial charge in [0.1, 0.15) is 0 Å². The number of hydrogen-bond donors (Lipinski definition) is 1. The molecule has 24 heavy (non-hydrogen) atoms. The maximum Gasteiger partial charge on any atom is 0.224 e. The molecule has 7 heteroatoms. The minimum atomic E-state index is 0.0337. The van der Waals surface area contributed by atoms with Crippen molar-refractivity contribution in [2.75, 3.05) is 72.6 Å². The smallest absolute Gasteiger partial charge is 0.224 e. The lowest BCUT2D eigenvalue weighted by molar-refractivity contribution is -0.133. The zero-order valence-electron chi connectivity index (χ0n) is 14.9. The van der Waals surface area contributed by atoms with Gasteiger partial charge in [0.25, 0.3) is 0 Å². The molecule has 0 aliphatic carbocycles. The lowest BCUT2D eigenvalue weighted by Crippen LogP contribution is -2.38. The van der Waals surface area contributed by atoms with Gasteiger partial charge < -0.3 is 29.0 Å². The number of piperidine rings is 1. The Kier molecular flexibility index (Phi) is 13.0. The molecule has 0 saturated carbocycles. The fraction of sp³-hybridized carbons (Fsp3) is 0.941. The Labute approximate surface area is 145 Å². The van der Waals surface area contributed by atoms with Crippen LogP contribution in [0.2, 0.25) is 0 Å². The molecule has 1 rings (SSSR count). The first-order valence-corrected chi connectivity index (χ1v) is 8.93. The third-order valence-corrected chi connectivity index (χ3v) is 3.95. The molecule has 0 aromatic heterocycles. The Hall–Kier alpha value is -0.730. The van der Waals surface area contributed by atoms with E-state index in [1.165, 1.54) is 0 Å². The van der Waals surface area contributed by atoms with Gasteiger partial charge >= 0.3 is 0 Å². The molecule has 1 N–H and O–H groups in total. The number of carbonyl (C=O) groups excluding carboxylic acids is 1. The van der Waals surface area contributed by atoms with E-state index >= 15 is 0 Å². The van der Waals surface area contributed by atoms with Crippen molar-refractivity contribution in [3.8, 4) is 0 Å². The molecule has 0 aromatic carbocycles.